The van der Waals surface area contributed by atoms with Gasteiger partial charge >= 0.3 is 12.2 Å². The third-order valence-electron chi connectivity index (χ3n) is 13.9. The largest absolute Gasteiger partial charge is 0.453 e. The Bertz CT molecular complexity index is 2230. The van der Waals surface area contributed by atoms with Crippen molar-refractivity contribution in [3.8, 4) is 11.1 Å². The van der Waals surface area contributed by atoms with Crippen molar-refractivity contribution in [3.05, 3.63) is 71.1 Å². The molecule has 3 fully saturated rings. The van der Waals surface area contributed by atoms with Gasteiger partial charge in [0, 0.05) is 49.5 Å². The number of hydrogen-bond acceptors (Lipinski definition) is 8. The lowest BCUT2D eigenvalue weighted by Crippen LogP contribution is -2.53. The Hall–Kier alpha value is -5.40. The Balaban J connectivity index is 0.981. The van der Waals surface area contributed by atoms with Crippen molar-refractivity contribution in [2.24, 2.45) is 21.8 Å². The number of halogens is 2. The number of likely N-dealkylation sites (tertiary alicyclic amines) is 2. The van der Waals surface area contributed by atoms with Gasteiger partial charge in [-0.3, -0.25) is 19.6 Å². The maximum absolute atomic E-state index is 15.1. The van der Waals surface area contributed by atoms with Crippen LogP contribution in [0.5, 0.6) is 0 Å². The number of carbonyl (C=O) groups is 4. The van der Waals surface area contributed by atoms with Gasteiger partial charge in [0.05, 0.1) is 39.4 Å². The topological polar surface area (TPSA) is 142 Å². The number of ether oxygens (including phenoxy) is 2. The zero-order valence-corrected chi connectivity index (χ0v) is 36.5. The number of allylic oxidation sites excluding steroid dienone is 2. The van der Waals surface area contributed by atoms with Gasteiger partial charge in [-0.05, 0) is 93.9 Å². The SMILES string of the molecule is COC(=O)N[C@H](C(=O)N1C[C@H](F)C[C@H]1C1=NC=C(c2ccc(-c3ccc(C4=CN=C([C@@H]5C[C@@H](F)CN5C(=O)[C@@H](NC(=O)OC)C(C)C)C4)c4c3C3CCC4CC3)cc2)C1)C(C)C. The van der Waals surface area contributed by atoms with E-state index in [1.807, 2.05) is 40.1 Å². The second-order valence-corrected chi connectivity index (χ2v) is 18.4. The second kappa shape index (κ2) is 17.8. The third kappa shape index (κ3) is 8.28. The van der Waals surface area contributed by atoms with Gasteiger partial charge in [-0.15, -0.1) is 0 Å². The van der Waals surface area contributed by atoms with Crippen molar-refractivity contribution in [2.45, 2.75) is 127 Å². The summed E-state index contributed by atoms with van der Waals surface area (Å²) in [5.74, 6) is -0.242. The molecule has 3 aliphatic carbocycles. The molecule has 12 nitrogen and oxygen atoms in total. The first-order valence-electron chi connectivity index (χ1n) is 22.1. The molecule has 4 aliphatic heterocycles. The molecular formula is C48H58F2N6O6. The van der Waals surface area contributed by atoms with Gasteiger partial charge in [-0.1, -0.05) is 64.1 Å². The van der Waals surface area contributed by atoms with E-state index in [0.29, 0.717) is 24.7 Å². The average Bonchev–Trinajstić information content (AvgIpc) is 4.11. The van der Waals surface area contributed by atoms with E-state index in [0.717, 1.165) is 59.4 Å². The van der Waals surface area contributed by atoms with Crippen molar-refractivity contribution in [2.75, 3.05) is 27.3 Å². The zero-order valence-electron chi connectivity index (χ0n) is 36.5. The molecule has 0 unspecified atom stereocenters. The summed E-state index contributed by atoms with van der Waals surface area (Å²) in [6, 6.07) is 10.3. The van der Waals surface area contributed by atoms with Gasteiger partial charge in [0.15, 0.2) is 0 Å². The molecule has 0 radical (unpaired) electrons. The Kier molecular flexibility index (Phi) is 12.4. The van der Waals surface area contributed by atoms with Gasteiger partial charge in [0.1, 0.15) is 24.4 Å². The van der Waals surface area contributed by atoms with E-state index < -0.39 is 48.7 Å². The van der Waals surface area contributed by atoms with Crippen LogP contribution in [-0.4, -0.2) is 109 Å². The first-order valence-corrected chi connectivity index (χ1v) is 22.1. The fraction of sp³-hybridized carbons (Fsp3) is 0.542. The Morgan fingerprint density at radius 2 is 1.05 bits per heavy atom. The monoisotopic (exact) mass is 852 g/mol. The highest BCUT2D eigenvalue weighted by Gasteiger charge is 2.45. The minimum Gasteiger partial charge on any atom is -0.453 e. The number of aliphatic imine (C=N–C) groups is 2. The predicted molar refractivity (Wildman–Crippen MR) is 234 cm³/mol. The highest BCUT2D eigenvalue weighted by Crippen LogP contribution is 2.55. The van der Waals surface area contributed by atoms with E-state index in [-0.39, 0.29) is 49.6 Å². The number of methoxy groups -OCH3 is 2. The number of nitrogens with one attached hydrogen (secondary N) is 2. The lowest BCUT2D eigenvalue weighted by atomic mass is 9.63. The number of benzene rings is 2. The molecule has 4 heterocycles. The van der Waals surface area contributed by atoms with Crippen molar-refractivity contribution >= 4 is 46.6 Å². The summed E-state index contributed by atoms with van der Waals surface area (Å²) in [6.45, 7) is 7.25. The molecule has 7 aliphatic rings. The smallest absolute Gasteiger partial charge is 0.407 e. The summed E-state index contributed by atoms with van der Waals surface area (Å²) in [6.07, 6.45) is 5.85. The van der Waals surface area contributed by atoms with Crippen molar-refractivity contribution in [1.29, 1.82) is 0 Å². The standard InChI is InChI=1S/C48H58F2N6O6/c1-25(2)43(53-47(59)61-5)45(57)55-23-33(49)19-39(55)37-17-31(21-51-37)27-7-9-28(10-8-27)35-15-16-36(42-30-13-11-29(12-14-30)41(35)42)32-18-38(52-22-32)40-20-34(50)24-56(40)46(58)44(26(3)4)54-48(60)62-6/h7-10,15-16,21-22,25-26,29-30,33-34,39-40,43-44H,11-14,17-20,23-24H2,1-6H3,(H,53,59)(H,54,60)/t29?,30?,33-,34-,39+,40+,43+,44+/m1/s1. The molecule has 1 saturated carbocycles. The van der Waals surface area contributed by atoms with Crippen molar-refractivity contribution < 1.29 is 37.4 Å². The highest BCUT2D eigenvalue weighted by atomic mass is 19.1. The summed E-state index contributed by atoms with van der Waals surface area (Å²) in [7, 11) is 2.50. The van der Waals surface area contributed by atoms with Crippen LogP contribution >= 0.6 is 0 Å². The molecule has 0 spiro atoms. The number of fused-ring (bicyclic) bond motifs is 2. The molecule has 2 aromatic carbocycles. The lowest BCUT2D eigenvalue weighted by Gasteiger charge is -2.41. The lowest BCUT2D eigenvalue weighted by molar-refractivity contribution is -0.135. The summed E-state index contributed by atoms with van der Waals surface area (Å²) >= 11 is 0. The van der Waals surface area contributed by atoms with Crippen LogP contribution in [0.3, 0.4) is 0 Å². The van der Waals surface area contributed by atoms with Crippen LogP contribution in [0.25, 0.3) is 22.3 Å². The van der Waals surface area contributed by atoms with Gasteiger partial charge in [-0.2, -0.15) is 0 Å². The van der Waals surface area contributed by atoms with Gasteiger partial charge in [0.25, 0.3) is 0 Å². The molecule has 2 saturated heterocycles. The van der Waals surface area contributed by atoms with Crippen LogP contribution in [0.2, 0.25) is 0 Å². The zero-order chi connectivity index (χ0) is 44.0. The highest BCUT2D eigenvalue weighted by molar-refractivity contribution is 6.05. The van der Waals surface area contributed by atoms with Crippen LogP contribution < -0.4 is 10.6 Å². The molecule has 0 aromatic heterocycles. The second-order valence-electron chi connectivity index (χ2n) is 18.4. The third-order valence-corrected chi connectivity index (χ3v) is 13.9. The summed E-state index contributed by atoms with van der Waals surface area (Å²) < 4.78 is 39.5. The fourth-order valence-electron chi connectivity index (χ4n) is 10.7. The summed E-state index contributed by atoms with van der Waals surface area (Å²) in [4.78, 5) is 64.3. The first kappa shape index (κ1) is 43.3. The number of nitrogens with zero attached hydrogens (tertiary/aromatic N) is 4. The Morgan fingerprint density at radius 1 is 0.629 bits per heavy atom. The molecule has 330 valence electrons. The molecule has 2 bridgehead atoms. The molecule has 62 heavy (non-hydrogen) atoms. The van der Waals surface area contributed by atoms with Crippen LogP contribution in [0.4, 0.5) is 18.4 Å². The number of hydrogen-bond donors (Lipinski definition) is 2. The minimum absolute atomic E-state index is 0.0434. The molecular weight excluding hydrogens is 795 g/mol. The minimum atomic E-state index is -1.19. The van der Waals surface area contributed by atoms with E-state index in [1.165, 1.54) is 41.4 Å². The first-order chi connectivity index (χ1) is 29.8. The normalized spacial score (nSPS) is 26.2. The maximum atomic E-state index is 15.1. The molecule has 14 heteroatoms. The number of amides is 4. The van der Waals surface area contributed by atoms with Gasteiger partial charge in [-0.25, -0.2) is 18.4 Å². The van der Waals surface area contributed by atoms with E-state index >= 15 is 4.39 Å². The number of alkyl carbamates (subject to hydrolysis) is 2. The van der Waals surface area contributed by atoms with Crippen LogP contribution in [0, 0.1) is 11.8 Å². The maximum Gasteiger partial charge on any atom is 0.407 e. The number of rotatable bonds is 11. The molecule has 2 aromatic rings. The average molecular weight is 853 g/mol. The predicted octanol–water partition coefficient (Wildman–Crippen LogP) is 8.12. The fourth-order valence-corrected chi connectivity index (χ4v) is 10.7. The molecule has 9 rings (SSSR count). The van der Waals surface area contributed by atoms with E-state index in [2.05, 4.69) is 47.0 Å². The van der Waals surface area contributed by atoms with Gasteiger partial charge in [0.2, 0.25) is 11.8 Å². The number of alkyl halides is 2. The van der Waals surface area contributed by atoms with Crippen LogP contribution in [0.1, 0.15) is 113 Å². The van der Waals surface area contributed by atoms with E-state index in [9.17, 15) is 23.6 Å². The Morgan fingerprint density at radius 3 is 1.52 bits per heavy atom. The van der Waals surface area contributed by atoms with Gasteiger partial charge < -0.3 is 29.9 Å². The molecule has 6 atom stereocenters. The quantitative estimate of drug-likeness (QED) is 0.234. The molecule has 4 amide bonds. The van der Waals surface area contributed by atoms with E-state index in [4.69, 9.17) is 19.5 Å². The van der Waals surface area contributed by atoms with Crippen LogP contribution in [0.15, 0.2) is 58.8 Å². The van der Waals surface area contributed by atoms with E-state index in [1.54, 1.807) is 4.90 Å². The Labute approximate surface area is 362 Å². The number of carbonyl (C=O) groups excluding carboxylic acids is 4. The summed E-state index contributed by atoms with van der Waals surface area (Å²) in [5, 5.41) is 5.27. The van der Waals surface area contributed by atoms with Crippen LogP contribution in [-0.2, 0) is 19.1 Å². The van der Waals surface area contributed by atoms with Crippen molar-refractivity contribution in [3.63, 3.8) is 0 Å². The molecule has 2 N–H and O–H groups in total. The summed E-state index contributed by atoms with van der Waals surface area (Å²) in [5.41, 5.74) is 10.9. The van der Waals surface area contributed by atoms with Crippen molar-refractivity contribution in [1.82, 2.24) is 20.4 Å².